The fourth-order valence-electron chi connectivity index (χ4n) is 7.47. The number of carbonyl (C=O) groups excluding carboxylic acids is 1. The lowest BCUT2D eigenvalue weighted by molar-refractivity contribution is -0.303. The Hall–Kier alpha value is -1.93. The van der Waals surface area contributed by atoms with Gasteiger partial charge in [0.15, 0.2) is 6.29 Å². The molecule has 8 N–H and O–H groups in total. The predicted octanol–water partition coefficient (Wildman–Crippen LogP) is 8.56. The van der Waals surface area contributed by atoms with Crippen LogP contribution in [-0.4, -0.2) is 110 Å². The van der Waals surface area contributed by atoms with E-state index in [0.29, 0.717) is 19.3 Å². The van der Waals surface area contributed by atoms with Crippen molar-refractivity contribution in [3.8, 4) is 0 Å². The Morgan fingerprint density at radius 3 is 1.52 bits per heavy atom. The van der Waals surface area contributed by atoms with E-state index in [0.717, 1.165) is 70.6 Å². The molecule has 0 saturated carbocycles. The lowest BCUT2D eigenvalue weighted by Crippen LogP contribution is -2.60. The van der Waals surface area contributed by atoms with Gasteiger partial charge in [-0.25, -0.2) is 0 Å². The van der Waals surface area contributed by atoms with Gasteiger partial charge in [0.2, 0.25) is 5.91 Å². The van der Waals surface area contributed by atoms with Crippen molar-refractivity contribution in [3.63, 3.8) is 0 Å². The van der Waals surface area contributed by atoms with Crippen molar-refractivity contribution in [1.82, 2.24) is 5.32 Å². The lowest BCUT2D eigenvalue weighted by Gasteiger charge is -2.40. The fourth-order valence-corrected chi connectivity index (χ4v) is 7.47. The number of amides is 1. The van der Waals surface area contributed by atoms with E-state index < -0.39 is 74.2 Å². The third kappa shape index (κ3) is 29.2. The molecule has 1 aliphatic heterocycles. The van der Waals surface area contributed by atoms with Crippen LogP contribution in [-0.2, 0) is 14.3 Å². The summed E-state index contributed by atoms with van der Waals surface area (Å²) in [7, 11) is 0. The van der Waals surface area contributed by atoms with Crippen LogP contribution in [0, 0.1) is 0 Å². The number of aliphatic hydroxyl groups is 7. The number of rotatable bonds is 40. The van der Waals surface area contributed by atoms with Crippen molar-refractivity contribution in [3.05, 3.63) is 48.6 Å². The normalized spacial score (nSPS) is 21.9. The zero-order chi connectivity index (χ0) is 44.8. The summed E-state index contributed by atoms with van der Waals surface area (Å²) in [5.74, 6) is -0.719. The molecule has 0 radical (unpaired) electrons. The molecule has 0 bridgehead atoms. The van der Waals surface area contributed by atoms with E-state index in [2.05, 4.69) is 67.8 Å². The molecule has 11 heteroatoms. The van der Waals surface area contributed by atoms with Crippen molar-refractivity contribution in [2.24, 2.45) is 0 Å². The Balaban J connectivity index is 2.44. The molecule has 1 heterocycles. The van der Waals surface area contributed by atoms with Crippen LogP contribution >= 0.6 is 0 Å². The van der Waals surface area contributed by atoms with Crippen molar-refractivity contribution in [2.45, 2.75) is 249 Å². The summed E-state index contributed by atoms with van der Waals surface area (Å²) in [6, 6.07) is -1.20. The first-order valence-electron chi connectivity index (χ1n) is 24.5. The number of allylic oxidation sites excluding steroid dienone is 8. The Morgan fingerprint density at radius 1 is 0.557 bits per heavy atom. The molecule has 9 unspecified atom stereocenters. The molecule has 0 spiro atoms. The highest BCUT2D eigenvalue weighted by Crippen LogP contribution is 2.23. The summed E-state index contributed by atoms with van der Waals surface area (Å²) in [6.07, 6.45) is 35.9. The minimum atomic E-state index is -1.67. The van der Waals surface area contributed by atoms with E-state index in [9.17, 15) is 40.5 Å². The predicted molar refractivity (Wildman–Crippen MR) is 247 cm³/mol. The maximum absolute atomic E-state index is 13.1. The summed E-state index contributed by atoms with van der Waals surface area (Å²) in [4.78, 5) is 13.1. The third-order valence-corrected chi connectivity index (χ3v) is 11.5. The van der Waals surface area contributed by atoms with Gasteiger partial charge in [-0.2, -0.15) is 0 Å². The van der Waals surface area contributed by atoms with Crippen LogP contribution < -0.4 is 5.32 Å². The van der Waals surface area contributed by atoms with Crippen LogP contribution in [0.3, 0.4) is 0 Å². The van der Waals surface area contributed by atoms with Crippen molar-refractivity contribution < 1.29 is 50.0 Å². The van der Waals surface area contributed by atoms with Crippen LogP contribution in [0.1, 0.15) is 194 Å². The van der Waals surface area contributed by atoms with Gasteiger partial charge in [-0.15, -0.1) is 0 Å². The zero-order valence-corrected chi connectivity index (χ0v) is 38.4. The van der Waals surface area contributed by atoms with Gasteiger partial charge in [-0.3, -0.25) is 4.79 Å². The summed E-state index contributed by atoms with van der Waals surface area (Å²) in [6.45, 7) is 3.35. The molecule has 1 aliphatic rings. The standard InChI is InChI=1S/C50H91NO10/c1-3-5-7-9-11-13-15-17-19-20-21-22-23-24-26-28-30-32-34-36-38-43(54)49(59)51-41(40-60-50-48(58)47(57)46(56)44(39-52)61-50)45(55)42(53)37-35-33-31-29-27-25-18-16-14-12-10-8-6-4-2/h8,10,16,18,22-23,29,31,41-48,50,52-58H,3-7,9,11-15,17,19-21,24-28,30,32-40H2,1-2H3,(H,51,59)/b10-8+,18-16+,23-22-,31-29+. The van der Waals surface area contributed by atoms with E-state index in [1.165, 1.54) is 77.0 Å². The quantitative estimate of drug-likeness (QED) is 0.0219. The summed E-state index contributed by atoms with van der Waals surface area (Å²) in [5, 5.41) is 75.7. The molecule has 11 nitrogen and oxygen atoms in total. The maximum atomic E-state index is 13.1. The van der Waals surface area contributed by atoms with Gasteiger partial charge in [-0.05, 0) is 83.5 Å². The minimum Gasteiger partial charge on any atom is -0.394 e. The van der Waals surface area contributed by atoms with Crippen LogP contribution in [0.2, 0.25) is 0 Å². The number of nitrogens with one attached hydrogen (secondary N) is 1. The van der Waals surface area contributed by atoms with Crippen molar-refractivity contribution in [2.75, 3.05) is 13.2 Å². The second kappa shape index (κ2) is 39.6. The molecule has 1 rings (SSSR count). The Kier molecular flexibility index (Phi) is 37.1. The molecule has 0 aromatic rings. The van der Waals surface area contributed by atoms with Gasteiger partial charge in [0, 0.05) is 0 Å². The summed E-state index contributed by atoms with van der Waals surface area (Å²) < 4.78 is 11.1. The van der Waals surface area contributed by atoms with Crippen LogP contribution in [0.15, 0.2) is 48.6 Å². The van der Waals surface area contributed by atoms with Gasteiger partial charge >= 0.3 is 0 Å². The number of hydrogen-bond donors (Lipinski definition) is 8. The van der Waals surface area contributed by atoms with E-state index in [1.54, 1.807) is 0 Å². The molecular formula is C50H91NO10. The molecule has 9 atom stereocenters. The van der Waals surface area contributed by atoms with Gasteiger partial charge in [0.05, 0.1) is 25.4 Å². The number of ether oxygens (including phenoxy) is 2. The summed E-state index contributed by atoms with van der Waals surface area (Å²) >= 11 is 0. The third-order valence-electron chi connectivity index (χ3n) is 11.5. The molecule has 356 valence electrons. The van der Waals surface area contributed by atoms with Crippen LogP contribution in [0.5, 0.6) is 0 Å². The minimum absolute atomic E-state index is 0.238. The first-order chi connectivity index (χ1) is 29.7. The number of aliphatic hydroxyl groups excluding tert-OH is 7. The molecule has 1 fully saturated rings. The van der Waals surface area contributed by atoms with E-state index in [4.69, 9.17) is 9.47 Å². The monoisotopic (exact) mass is 866 g/mol. The van der Waals surface area contributed by atoms with E-state index >= 15 is 0 Å². The first-order valence-corrected chi connectivity index (χ1v) is 24.5. The SMILES string of the molecule is CCC/C=C/CC/C=C/CC/C=C/CCCC(O)C(O)C(COC1OC(CO)C(O)C(O)C1O)NC(=O)C(O)CCCCCCCC/C=C\CCCCCCCCCCCC. The first kappa shape index (κ1) is 57.1. The topological polar surface area (TPSA) is 189 Å². The Bertz CT molecular complexity index is 1130. The molecule has 0 aromatic heterocycles. The van der Waals surface area contributed by atoms with Crippen LogP contribution in [0.25, 0.3) is 0 Å². The molecule has 0 aliphatic carbocycles. The second-order valence-electron chi connectivity index (χ2n) is 17.1. The molecule has 1 amide bonds. The van der Waals surface area contributed by atoms with Gasteiger partial charge in [0.25, 0.3) is 0 Å². The zero-order valence-electron chi connectivity index (χ0n) is 38.4. The van der Waals surface area contributed by atoms with E-state index in [-0.39, 0.29) is 12.8 Å². The molecule has 1 saturated heterocycles. The highest BCUT2D eigenvalue weighted by Gasteiger charge is 2.44. The smallest absolute Gasteiger partial charge is 0.249 e. The number of unbranched alkanes of at least 4 members (excludes halogenated alkanes) is 20. The highest BCUT2D eigenvalue weighted by atomic mass is 16.7. The molecule has 0 aromatic carbocycles. The van der Waals surface area contributed by atoms with Gasteiger partial charge < -0.3 is 50.5 Å². The lowest BCUT2D eigenvalue weighted by atomic mass is 9.98. The maximum Gasteiger partial charge on any atom is 0.249 e. The summed E-state index contributed by atoms with van der Waals surface area (Å²) in [5.41, 5.74) is 0. The van der Waals surface area contributed by atoms with Crippen LogP contribution in [0.4, 0.5) is 0 Å². The van der Waals surface area contributed by atoms with Crippen molar-refractivity contribution in [1.29, 1.82) is 0 Å². The largest absolute Gasteiger partial charge is 0.394 e. The van der Waals surface area contributed by atoms with E-state index in [1.807, 2.05) is 0 Å². The Morgan fingerprint density at radius 2 is 1.02 bits per heavy atom. The number of hydrogen-bond acceptors (Lipinski definition) is 10. The van der Waals surface area contributed by atoms with Gasteiger partial charge in [-0.1, -0.05) is 159 Å². The highest BCUT2D eigenvalue weighted by molar-refractivity contribution is 5.80. The average molecular weight is 866 g/mol. The van der Waals surface area contributed by atoms with Gasteiger partial charge in [0.1, 0.15) is 36.6 Å². The fraction of sp³-hybridized carbons (Fsp3) is 0.820. The number of carbonyl (C=O) groups is 1. The Labute approximate surface area is 370 Å². The second-order valence-corrected chi connectivity index (χ2v) is 17.1. The average Bonchev–Trinajstić information content (AvgIpc) is 3.26. The molecular weight excluding hydrogens is 775 g/mol. The van der Waals surface area contributed by atoms with Crippen molar-refractivity contribution >= 4 is 5.91 Å². The molecule has 61 heavy (non-hydrogen) atoms.